The molecule has 0 radical (unpaired) electrons. The fourth-order valence-corrected chi connectivity index (χ4v) is 5.08. The van der Waals surface area contributed by atoms with Crippen LogP contribution in [0.15, 0.2) is 69.9 Å². The summed E-state index contributed by atoms with van der Waals surface area (Å²) in [7, 11) is 0. The van der Waals surface area contributed by atoms with Gasteiger partial charge in [0.1, 0.15) is 34.0 Å². The van der Waals surface area contributed by atoms with Gasteiger partial charge in [0.15, 0.2) is 5.43 Å². The molecule has 1 aliphatic heterocycles. The number of fused-ring (bicyclic) bond motifs is 1. The van der Waals surface area contributed by atoms with E-state index in [1.165, 1.54) is 6.07 Å². The van der Waals surface area contributed by atoms with Crippen molar-refractivity contribution < 1.29 is 24.8 Å². The summed E-state index contributed by atoms with van der Waals surface area (Å²) >= 11 is 6.32. The van der Waals surface area contributed by atoms with Crippen molar-refractivity contribution in [3.05, 3.63) is 81.5 Å². The van der Waals surface area contributed by atoms with E-state index in [9.17, 15) is 25.2 Å². The van der Waals surface area contributed by atoms with E-state index in [-0.39, 0.29) is 40.6 Å². The third-order valence-corrected chi connectivity index (χ3v) is 6.75. The first kappa shape index (κ1) is 22.1. The Labute approximate surface area is 199 Å². The van der Waals surface area contributed by atoms with E-state index >= 15 is 0 Å². The van der Waals surface area contributed by atoms with Crippen LogP contribution >= 0.6 is 11.6 Å². The van der Waals surface area contributed by atoms with Crippen molar-refractivity contribution in [1.29, 1.82) is 0 Å². The number of phenols is 3. The van der Waals surface area contributed by atoms with Crippen LogP contribution in [0.2, 0.25) is 5.02 Å². The maximum Gasteiger partial charge on any atom is 0.197 e. The van der Waals surface area contributed by atoms with Gasteiger partial charge in [-0.25, -0.2) is 0 Å². The number of rotatable bonds is 4. The Balaban J connectivity index is 1.69. The first-order valence-corrected chi connectivity index (χ1v) is 11.2. The van der Waals surface area contributed by atoms with Crippen molar-refractivity contribution in [2.75, 3.05) is 18.1 Å². The van der Waals surface area contributed by atoms with Gasteiger partial charge in [-0.15, -0.1) is 0 Å². The molecule has 4 aromatic rings. The molecular formula is C26H22ClNO6. The second kappa shape index (κ2) is 8.59. The molecule has 0 saturated carbocycles. The summed E-state index contributed by atoms with van der Waals surface area (Å²) in [6.07, 6.45) is 0.555. The Kier molecular flexibility index (Phi) is 5.59. The third kappa shape index (κ3) is 3.63. The summed E-state index contributed by atoms with van der Waals surface area (Å²) < 4.78 is 6.13. The van der Waals surface area contributed by atoms with Crippen LogP contribution in [0.4, 0.5) is 5.69 Å². The van der Waals surface area contributed by atoms with Crippen molar-refractivity contribution in [2.45, 2.75) is 18.4 Å². The van der Waals surface area contributed by atoms with Crippen LogP contribution in [0.1, 0.15) is 17.9 Å². The van der Waals surface area contributed by atoms with Gasteiger partial charge in [0.05, 0.1) is 17.7 Å². The molecule has 8 heteroatoms. The Morgan fingerprint density at radius 2 is 1.74 bits per heavy atom. The summed E-state index contributed by atoms with van der Waals surface area (Å²) in [5.74, 6) is -0.656. The second-order valence-corrected chi connectivity index (χ2v) is 8.75. The summed E-state index contributed by atoms with van der Waals surface area (Å²) in [5.41, 5.74) is 1.26. The van der Waals surface area contributed by atoms with E-state index in [1.54, 1.807) is 48.5 Å². The lowest BCUT2D eigenvalue weighted by Crippen LogP contribution is -2.35. The van der Waals surface area contributed by atoms with Gasteiger partial charge in [-0.1, -0.05) is 23.7 Å². The molecule has 1 aromatic heterocycles. The van der Waals surface area contributed by atoms with Crippen LogP contribution in [0.3, 0.4) is 0 Å². The molecule has 0 amide bonds. The number of hydrogen-bond donors (Lipinski definition) is 4. The molecule has 1 saturated heterocycles. The molecule has 34 heavy (non-hydrogen) atoms. The number of nitrogens with zero attached hydrogens (tertiary/aromatic N) is 1. The van der Waals surface area contributed by atoms with Crippen molar-refractivity contribution in [1.82, 2.24) is 0 Å². The quantitative estimate of drug-likeness (QED) is 0.338. The Bertz CT molecular complexity index is 1430. The van der Waals surface area contributed by atoms with Crippen molar-refractivity contribution >= 4 is 28.3 Å². The lowest BCUT2D eigenvalue weighted by Gasteiger charge is -2.29. The smallest absolute Gasteiger partial charge is 0.197 e. The van der Waals surface area contributed by atoms with E-state index in [2.05, 4.69) is 0 Å². The Morgan fingerprint density at radius 1 is 1.00 bits per heavy atom. The molecule has 2 heterocycles. The molecule has 1 fully saturated rings. The van der Waals surface area contributed by atoms with Crippen LogP contribution < -0.4 is 10.3 Å². The summed E-state index contributed by atoms with van der Waals surface area (Å²) in [5, 5.41) is 41.6. The number of benzene rings is 3. The molecular weight excluding hydrogens is 458 g/mol. The number of anilines is 1. The fraction of sp³-hybridized carbons (Fsp3) is 0.192. The average molecular weight is 480 g/mol. The highest BCUT2D eigenvalue weighted by atomic mass is 35.5. The van der Waals surface area contributed by atoms with Crippen molar-refractivity contribution in [3.8, 4) is 28.6 Å². The SMILES string of the molecule is O=c1cc(-c2ccccc2Cl)oc2c([C@H]3CCN(c4ccc(O)cc4)[C@@H]3CO)c(O)cc(O)c12. The molecule has 0 unspecified atom stereocenters. The highest BCUT2D eigenvalue weighted by Gasteiger charge is 2.38. The Hall–Kier alpha value is -3.68. The minimum Gasteiger partial charge on any atom is -0.508 e. The van der Waals surface area contributed by atoms with Gasteiger partial charge in [0.2, 0.25) is 0 Å². The van der Waals surface area contributed by atoms with E-state index in [4.69, 9.17) is 16.0 Å². The predicted octanol–water partition coefficient (Wildman–Crippen LogP) is 4.59. The lowest BCUT2D eigenvalue weighted by atomic mass is 9.89. The van der Waals surface area contributed by atoms with E-state index in [0.29, 0.717) is 29.1 Å². The molecule has 1 aliphatic rings. The van der Waals surface area contributed by atoms with E-state index in [0.717, 1.165) is 11.8 Å². The summed E-state index contributed by atoms with van der Waals surface area (Å²) in [4.78, 5) is 15.0. The Morgan fingerprint density at radius 3 is 2.44 bits per heavy atom. The number of aliphatic hydroxyl groups excluding tert-OH is 1. The fourth-order valence-electron chi connectivity index (χ4n) is 4.85. The van der Waals surface area contributed by atoms with Crippen LogP contribution in [0, 0.1) is 0 Å². The summed E-state index contributed by atoms with van der Waals surface area (Å²) in [6.45, 7) is 0.346. The van der Waals surface area contributed by atoms with Crippen molar-refractivity contribution in [3.63, 3.8) is 0 Å². The van der Waals surface area contributed by atoms with E-state index < -0.39 is 17.4 Å². The van der Waals surface area contributed by atoms with Gasteiger partial charge >= 0.3 is 0 Å². The molecule has 2 atom stereocenters. The van der Waals surface area contributed by atoms with Gasteiger partial charge in [0, 0.05) is 41.4 Å². The lowest BCUT2D eigenvalue weighted by molar-refractivity contribution is 0.256. The zero-order valence-electron chi connectivity index (χ0n) is 18.0. The van der Waals surface area contributed by atoms with Crippen LogP contribution in [-0.2, 0) is 0 Å². The maximum absolute atomic E-state index is 13.0. The topological polar surface area (TPSA) is 114 Å². The second-order valence-electron chi connectivity index (χ2n) is 8.34. The number of aliphatic hydroxyl groups is 1. The maximum atomic E-state index is 13.0. The van der Waals surface area contributed by atoms with Gasteiger partial charge in [-0.05, 0) is 42.8 Å². The number of hydrogen-bond acceptors (Lipinski definition) is 7. The molecule has 4 N–H and O–H groups in total. The largest absolute Gasteiger partial charge is 0.508 e. The first-order chi connectivity index (χ1) is 16.4. The van der Waals surface area contributed by atoms with Crippen LogP contribution in [0.5, 0.6) is 17.2 Å². The molecule has 0 spiro atoms. The minimum absolute atomic E-state index is 0.0385. The third-order valence-electron chi connectivity index (χ3n) is 6.42. The summed E-state index contributed by atoms with van der Waals surface area (Å²) in [6, 6.07) is 15.5. The van der Waals surface area contributed by atoms with Crippen LogP contribution in [0.25, 0.3) is 22.3 Å². The van der Waals surface area contributed by atoms with Gasteiger partial charge < -0.3 is 29.7 Å². The monoisotopic (exact) mass is 479 g/mol. The standard InChI is InChI=1S/C26H22ClNO6/c27-18-4-2-1-3-16(18)23-12-22(33)25-21(32)11-20(31)24(26(25)34-23)17-9-10-28(19(17)13-29)14-5-7-15(30)8-6-14/h1-8,11-12,17,19,29-32H,9-10,13H2/t17-,19+/m0/s1. The zero-order chi connectivity index (χ0) is 24.0. The number of aromatic hydroxyl groups is 3. The number of phenolic OH excluding ortho intramolecular Hbond substituents is 3. The number of halogens is 1. The first-order valence-electron chi connectivity index (χ1n) is 10.8. The van der Waals surface area contributed by atoms with Crippen molar-refractivity contribution in [2.24, 2.45) is 0 Å². The highest BCUT2D eigenvalue weighted by molar-refractivity contribution is 6.33. The molecule has 0 bridgehead atoms. The van der Waals surface area contributed by atoms with Gasteiger partial charge in [0.25, 0.3) is 0 Å². The van der Waals surface area contributed by atoms with Gasteiger partial charge in [-0.2, -0.15) is 0 Å². The molecule has 0 aliphatic carbocycles. The normalized spacial score (nSPS) is 18.0. The minimum atomic E-state index is -0.469. The molecule has 7 nitrogen and oxygen atoms in total. The average Bonchev–Trinajstić information content (AvgIpc) is 3.23. The molecule has 5 rings (SSSR count). The van der Waals surface area contributed by atoms with E-state index in [1.807, 2.05) is 4.90 Å². The predicted molar refractivity (Wildman–Crippen MR) is 130 cm³/mol. The van der Waals surface area contributed by atoms with Gasteiger partial charge in [-0.3, -0.25) is 4.79 Å². The zero-order valence-corrected chi connectivity index (χ0v) is 18.7. The van der Waals surface area contributed by atoms with Crippen LogP contribution in [-0.4, -0.2) is 39.6 Å². The molecule has 174 valence electrons. The molecule has 3 aromatic carbocycles. The highest BCUT2D eigenvalue weighted by Crippen LogP contribution is 2.45.